The van der Waals surface area contributed by atoms with Gasteiger partial charge >= 0.3 is 5.69 Å². The molecule has 1 heterocycles. The van der Waals surface area contributed by atoms with Crippen LogP contribution in [0.15, 0.2) is 82.5 Å². The van der Waals surface area contributed by atoms with Crippen molar-refractivity contribution in [3.05, 3.63) is 105 Å². The average Bonchev–Trinajstić information content (AvgIpc) is 2.69. The number of nitrogens with one attached hydrogen (secondary N) is 1. The zero-order valence-corrected chi connectivity index (χ0v) is 15.0. The van der Waals surface area contributed by atoms with Gasteiger partial charge in [0, 0.05) is 19.3 Å². The molecule has 1 unspecified atom stereocenters. The Morgan fingerprint density at radius 2 is 1.59 bits per heavy atom. The van der Waals surface area contributed by atoms with Crippen LogP contribution in [-0.2, 0) is 24.8 Å². The van der Waals surface area contributed by atoms with E-state index < -0.39 is 11.2 Å². The lowest BCUT2D eigenvalue weighted by Crippen LogP contribution is -2.41. The normalized spacial score (nSPS) is 11.7. The molecule has 0 bridgehead atoms. The van der Waals surface area contributed by atoms with E-state index in [4.69, 9.17) is 0 Å². The highest BCUT2D eigenvalue weighted by molar-refractivity contribution is 5.76. The maximum Gasteiger partial charge on any atom is 0.331 e. The van der Waals surface area contributed by atoms with Gasteiger partial charge in [-0.15, -0.1) is 0 Å². The van der Waals surface area contributed by atoms with E-state index in [2.05, 4.69) is 5.32 Å². The van der Waals surface area contributed by atoms with Crippen LogP contribution in [0.3, 0.4) is 0 Å². The summed E-state index contributed by atoms with van der Waals surface area (Å²) in [6.07, 6.45) is 1.98. The summed E-state index contributed by atoms with van der Waals surface area (Å²) in [5.74, 6) is -0.291. The quantitative estimate of drug-likeness (QED) is 0.724. The van der Waals surface area contributed by atoms with Gasteiger partial charge in [-0.3, -0.25) is 18.7 Å². The second-order valence-electron chi connectivity index (χ2n) is 6.34. The largest absolute Gasteiger partial charge is 0.347 e. The molecule has 0 spiro atoms. The zero-order valence-electron chi connectivity index (χ0n) is 15.0. The third-order valence-electron chi connectivity index (χ3n) is 4.39. The lowest BCUT2D eigenvalue weighted by atomic mass is 9.99. The first kappa shape index (κ1) is 18.4. The molecule has 6 heteroatoms. The summed E-state index contributed by atoms with van der Waals surface area (Å²) >= 11 is 0. The van der Waals surface area contributed by atoms with Crippen molar-refractivity contribution in [1.82, 2.24) is 14.5 Å². The predicted octanol–water partition coefficient (Wildman–Crippen LogP) is 1.65. The zero-order chi connectivity index (χ0) is 19.2. The van der Waals surface area contributed by atoms with Crippen molar-refractivity contribution in [3.63, 3.8) is 0 Å². The van der Waals surface area contributed by atoms with Gasteiger partial charge in [0.25, 0.3) is 5.56 Å². The second kappa shape index (κ2) is 8.31. The van der Waals surface area contributed by atoms with E-state index in [1.54, 1.807) is 0 Å². The number of hydrogen-bond acceptors (Lipinski definition) is 3. The van der Waals surface area contributed by atoms with Gasteiger partial charge < -0.3 is 5.32 Å². The average molecular weight is 363 g/mol. The smallest absolute Gasteiger partial charge is 0.331 e. The van der Waals surface area contributed by atoms with Crippen molar-refractivity contribution in [3.8, 4) is 0 Å². The third kappa shape index (κ3) is 4.61. The summed E-state index contributed by atoms with van der Waals surface area (Å²) in [5, 5.41) is 3.01. The third-order valence-corrected chi connectivity index (χ3v) is 4.39. The lowest BCUT2D eigenvalue weighted by molar-refractivity contribution is -0.122. The lowest BCUT2D eigenvalue weighted by Gasteiger charge is -2.20. The fourth-order valence-electron chi connectivity index (χ4n) is 2.92. The summed E-state index contributed by atoms with van der Waals surface area (Å²) in [4.78, 5) is 36.2. The van der Waals surface area contributed by atoms with Gasteiger partial charge in [0.15, 0.2) is 0 Å². The van der Waals surface area contributed by atoms with Crippen LogP contribution >= 0.6 is 0 Å². The van der Waals surface area contributed by atoms with Crippen LogP contribution in [0.25, 0.3) is 0 Å². The van der Waals surface area contributed by atoms with Gasteiger partial charge in [-0.1, -0.05) is 60.7 Å². The first-order chi connectivity index (χ1) is 13.0. The molecule has 0 aliphatic heterocycles. The van der Waals surface area contributed by atoms with Crippen LogP contribution in [0.4, 0.5) is 0 Å². The number of amides is 1. The first-order valence-electron chi connectivity index (χ1n) is 8.69. The van der Waals surface area contributed by atoms with Crippen molar-refractivity contribution < 1.29 is 4.79 Å². The standard InChI is InChI=1S/C21H21N3O3/c1-23-20(26)12-13-24(21(23)27)15-19(25)22-18(17-10-6-3-7-11-17)14-16-8-4-2-5-9-16/h2-13,18H,14-15H2,1H3,(H,22,25). The summed E-state index contributed by atoms with van der Waals surface area (Å²) in [6.45, 7) is -0.148. The summed E-state index contributed by atoms with van der Waals surface area (Å²) in [5.41, 5.74) is 1.17. The number of benzene rings is 2. The summed E-state index contributed by atoms with van der Waals surface area (Å²) in [7, 11) is 1.39. The SMILES string of the molecule is Cn1c(=O)ccn(CC(=O)NC(Cc2ccccc2)c2ccccc2)c1=O. The van der Waals surface area contributed by atoms with Gasteiger partial charge in [0.1, 0.15) is 6.54 Å². The molecule has 138 valence electrons. The molecule has 0 saturated carbocycles. The van der Waals surface area contributed by atoms with Crippen molar-refractivity contribution in [2.75, 3.05) is 0 Å². The van der Waals surface area contributed by atoms with Crippen LogP contribution in [0, 0.1) is 0 Å². The second-order valence-corrected chi connectivity index (χ2v) is 6.34. The Kier molecular flexibility index (Phi) is 5.66. The number of hydrogen-bond donors (Lipinski definition) is 1. The maximum atomic E-state index is 12.6. The number of aromatic nitrogens is 2. The first-order valence-corrected chi connectivity index (χ1v) is 8.69. The minimum absolute atomic E-state index is 0.148. The molecule has 0 aliphatic carbocycles. The highest BCUT2D eigenvalue weighted by Crippen LogP contribution is 2.18. The molecule has 3 aromatic rings. The molecule has 0 aliphatic rings. The number of nitrogens with zero attached hydrogens (tertiary/aromatic N) is 2. The fourth-order valence-corrected chi connectivity index (χ4v) is 2.92. The highest BCUT2D eigenvalue weighted by atomic mass is 16.2. The van der Waals surface area contributed by atoms with Crippen molar-refractivity contribution in [1.29, 1.82) is 0 Å². The molecular weight excluding hydrogens is 342 g/mol. The molecule has 2 aromatic carbocycles. The molecule has 1 aromatic heterocycles. The highest BCUT2D eigenvalue weighted by Gasteiger charge is 2.16. The maximum absolute atomic E-state index is 12.6. The molecule has 1 atom stereocenters. The van der Waals surface area contributed by atoms with Crippen LogP contribution < -0.4 is 16.6 Å². The molecule has 0 radical (unpaired) electrons. The Morgan fingerprint density at radius 3 is 2.26 bits per heavy atom. The van der Waals surface area contributed by atoms with Crippen LogP contribution in [0.2, 0.25) is 0 Å². The molecule has 0 saturated heterocycles. The molecule has 27 heavy (non-hydrogen) atoms. The van der Waals surface area contributed by atoms with Gasteiger partial charge in [-0.25, -0.2) is 4.79 Å². The van der Waals surface area contributed by atoms with Gasteiger partial charge in [-0.2, -0.15) is 0 Å². The van der Waals surface area contributed by atoms with Gasteiger partial charge in [-0.05, 0) is 17.5 Å². The van der Waals surface area contributed by atoms with E-state index in [1.165, 1.54) is 23.9 Å². The van der Waals surface area contributed by atoms with Crippen LogP contribution in [0.5, 0.6) is 0 Å². The number of carbonyl (C=O) groups is 1. The Labute approximate surface area is 156 Å². The van der Waals surface area contributed by atoms with Gasteiger partial charge in [0.05, 0.1) is 6.04 Å². The minimum Gasteiger partial charge on any atom is -0.347 e. The van der Waals surface area contributed by atoms with E-state index in [0.29, 0.717) is 6.42 Å². The summed E-state index contributed by atoms with van der Waals surface area (Å²) < 4.78 is 2.20. The number of rotatable bonds is 6. The Hall–Kier alpha value is -3.41. The van der Waals surface area contributed by atoms with Crippen molar-refractivity contribution in [2.45, 2.75) is 19.0 Å². The fraction of sp³-hybridized carbons (Fsp3) is 0.190. The monoisotopic (exact) mass is 363 g/mol. The molecule has 6 nitrogen and oxygen atoms in total. The topological polar surface area (TPSA) is 73.1 Å². The van der Waals surface area contributed by atoms with Crippen LogP contribution in [-0.4, -0.2) is 15.0 Å². The van der Waals surface area contributed by atoms with E-state index in [1.807, 2.05) is 60.7 Å². The van der Waals surface area contributed by atoms with Gasteiger partial charge in [0.2, 0.25) is 5.91 Å². The Balaban J connectivity index is 1.79. The van der Waals surface area contributed by atoms with Crippen LogP contribution in [0.1, 0.15) is 17.2 Å². The van der Waals surface area contributed by atoms with E-state index >= 15 is 0 Å². The molecule has 1 amide bonds. The molecular formula is C21H21N3O3. The molecule has 0 fully saturated rings. The Bertz CT molecular complexity index is 1020. The molecule has 1 N–H and O–H groups in total. The predicted molar refractivity (Wildman–Crippen MR) is 103 cm³/mol. The minimum atomic E-state index is -0.517. The Morgan fingerprint density at radius 1 is 0.963 bits per heavy atom. The van der Waals surface area contributed by atoms with E-state index in [9.17, 15) is 14.4 Å². The van der Waals surface area contributed by atoms with Crippen molar-refractivity contribution >= 4 is 5.91 Å². The van der Waals surface area contributed by atoms with Crippen molar-refractivity contribution in [2.24, 2.45) is 7.05 Å². The number of carbonyl (C=O) groups excluding carboxylic acids is 1. The van der Waals surface area contributed by atoms with E-state index in [0.717, 1.165) is 15.7 Å². The van der Waals surface area contributed by atoms with E-state index in [-0.39, 0.29) is 18.5 Å². The molecule has 3 rings (SSSR count). The summed E-state index contributed by atoms with van der Waals surface area (Å²) in [6, 6.07) is 20.7.